The first-order valence-corrected chi connectivity index (χ1v) is 9.38. The van der Waals surface area contributed by atoms with Gasteiger partial charge in [-0.2, -0.15) is 0 Å². The molecule has 0 saturated carbocycles. The highest BCUT2D eigenvalue weighted by Gasteiger charge is 2.07. The molecule has 0 radical (unpaired) electrons. The number of hydrogen-bond acceptors (Lipinski definition) is 7. The summed E-state index contributed by atoms with van der Waals surface area (Å²) in [5.74, 6) is 1.99. The van der Waals surface area contributed by atoms with Crippen LogP contribution in [0.2, 0.25) is 0 Å². The molecule has 3 N–H and O–H groups in total. The first-order chi connectivity index (χ1) is 11.5. The van der Waals surface area contributed by atoms with Gasteiger partial charge in [0.1, 0.15) is 11.6 Å². The normalized spacial score (nSPS) is 11.2. The molecule has 0 aromatic carbocycles. The highest BCUT2D eigenvalue weighted by Crippen LogP contribution is 2.12. The van der Waals surface area contributed by atoms with Crippen LogP contribution in [0.3, 0.4) is 0 Å². The Balaban J connectivity index is 1.78. The van der Waals surface area contributed by atoms with E-state index in [4.69, 9.17) is 0 Å². The summed E-state index contributed by atoms with van der Waals surface area (Å²) in [6, 6.07) is 7.37. The van der Waals surface area contributed by atoms with E-state index in [1.54, 1.807) is 18.3 Å². The molecule has 0 aliphatic carbocycles. The molecule has 0 aliphatic rings. The average Bonchev–Trinajstić information content (AvgIpc) is 2.55. The Morgan fingerprint density at radius 3 is 2.33 bits per heavy atom. The zero-order valence-corrected chi connectivity index (χ0v) is 14.6. The average molecular weight is 350 g/mol. The van der Waals surface area contributed by atoms with Gasteiger partial charge in [0, 0.05) is 19.3 Å². The summed E-state index contributed by atoms with van der Waals surface area (Å²) in [5.41, 5.74) is 1.08. The fourth-order valence-corrected chi connectivity index (χ4v) is 3.00. The number of rotatable bonds is 9. The van der Waals surface area contributed by atoms with Crippen molar-refractivity contribution < 1.29 is 8.42 Å². The number of anilines is 3. The van der Waals surface area contributed by atoms with Crippen LogP contribution in [0, 0.1) is 6.92 Å². The third-order valence-corrected chi connectivity index (χ3v) is 4.65. The second-order valence-electron chi connectivity index (χ2n) is 5.29. The second-order valence-corrected chi connectivity index (χ2v) is 7.22. The van der Waals surface area contributed by atoms with Gasteiger partial charge in [-0.05, 0) is 37.1 Å². The summed E-state index contributed by atoms with van der Waals surface area (Å²) < 4.78 is 25.5. The van der Waals surface area contributed by atoms with Crippen molar-refractivity contribution in [3.8, 4) is 0 Å². The third kappa shape index (κ3) is 6.09. The summed E-state index contributed by atoms with van der Waals surface area (Å²) >= 11 is 0. The Hall–Kier alpha value is -2.26. The molecule has 24 heavy (non-hydrogen) atoms. The van der Waals surface area contributed by atoms with Gasteiger partial charge in [-0.25, -0.2) is 18.1 Å². The molecule has 8 nitrogen and oxygen atoms in total. The summed E-state index contributed by atoms with van der Waals surface area (Å²) in [4.78, 5) is 4.24. The molecule has 0 spiro atoms. The van der Waals surface area contributed by atoms with Crippen LogP contribution < -0.4 is 15.4 Å². The SMILES string of the molecule is CCCS(=O)(=O)NCCNc1ccc(Nc2ccc(C)cn2)nn1. The van der Waals surface area contributed by atoms with Crippen molar-refractivity contribution in [3.05, 3.63) is 36.0 Å². The maximum absolute atomic E-state index is 11.5. The Kier molecular flexibility index (Phi) is 6.44. The van der Waals surface area contributed by atoms with E-state index in [-0.39, 0.29) is 5.75 Å². The van der Waals surface area contributed by atoms with Gasteiger partial charge >= 0.3 is 0 Å². The molecular weight excluding hydrogens is 328 g/mol. The first-order valence-electron chi connectivity index (χ1n) is 7.73. The minimum absolute atomic E-state index is 0.139. The van der Waals surface area contributed by atoms with Crippen LogP contribution in [0.25, 0.3) is 0 Å². The number of sulfonamides is 1. The predicted molar refractivity (Wildman–Crippen MR) is 94.9 cm³/mol. The van der Waals surface area contributed by atoms with Gasteiger partial charge in [-0.1, -0.05) is 13.0 Å². The molecule has 2 heterocycles. The van der Waals surface area contributed by atoms with Gasteiger partial charge in [-0.3, -0.25) is 0 Å². The molecule has 0 amide bonds. The van der Waals surface area contributed by atoms with Crippen molar-refractivity contribution in [1.29, 1.82) is 0 Å². The van der Waals surface area contributed by atoms with E-state index in [2.05, 4.69) is 30.5 Å². The minimum atomic E-state index is -3.17. The number of nitrogens with one attached hydrogen (secondary N) is 3. The fourth-order valence-electron chi connectivity index (χ4n) is 1.90. The lowest BCUT2D eigenvalue weighted by atomic mass is 10.3. The number of aromatic nitrogens is 3. The Labute approximate surface area is 142 Å². The van der Waals surface area contributed by atoms with Gasteiger partial charge in [-0.15, -0.1) is 10.2 Å². The van der Waals surface area contributed by atoms with Gasteiger partial charge < -0.3 is 10.6 Å². The zero-order chi connectivity index (χ0) is 17.4. The van der Waals surface area contributed by atoms with E-state index in [1.165, 1.54) is 0 Å². The number of pyridine rings is 1. The van der Waals surface area contributed by atoms with Crippen molar-refractivity contribution in [1.82, 2.24) is 19.9 Å². The molecule has 0 unspecified atom stereocenters. The molecule has 2 aromatic heterocycles. The number of hydrogen-bond donors (Lipinski definition) is 3. The van der Waals surface area contributed by atoms with Crippen molar-refractivity contribution >= 4 is 27.5 Å². The Morgan fingerprint density at radius 2 is 1.71 bits per heavy atom. The van der Waals surface area contributed by atoms with Crippen molar-refractivity contribution in [2.24, 2.45) is 0 Å². The minimum Gasteiger partial charge on any atom is -0.367 e. The van der Waals surface area contributed by atoms with E-state index in [9.17, 15) is 8.42 Å². The second kappa shape index (κ2) is 8.55. The lowest BCUT2D eigenvalue weighted by Gasteiger charge is -2.08. The number of nitrogens with zero attached hydrogens (tertiary/aromatic N) is 3. The van der Waals surface area contributed by atoms with Crippen LogP contribution in [0.1, 0.15) is 18.9 Å². The van der Waals surface area contributed by atoms with Crippen molar-refractivity contribution in [2.75, 3.05) is 29.5 Å². The van der Waals surface area contributed by atoms with E-state index in [1.807, 2.05) is 26.0 Å². The summed E-state index contributed by atoms with van der Waals surface area (Å²) in [7, 11) is -3.17. The molecule has 9 heteroatoms. The monoisotopic (exact) mass is 350 g/mol. The molecule has 2 rings (SSSR count). The predicted octanol–water partition coefficient (Wildman–Crippen LogP) is 1.66. The zero-order valence-electron chi connectivity index (χ0n) is 13.8. The molecule has 0 aliphatic heterocycles. The molecule has 0 fully saturated rings. The van der Waals surface area contributed by atoms with Crippen LogP contribution in [0.4, 0.5) is 17.5 Å². The van der Waals surface area contributed by atoms with Crippen molar-refractivity contribution in [3.63, 3.8) is 0 Å². The highest BCUT2D eigenvalue weighted by molar-refractivity contribution is 7.89. The fraction of sp³-hybridized carbons (Fsp3) is 0.400. The molecule has 0 bridgehead atoms. The van der Waals surface area contributed by atoms with Gasteiger partial charge in [0.15, 0.2) is 5.82 Å². The third-order valence-electron chi connectivity index (χ3n) is 3.06. The summed E-state index contributed by atoms with van der Waals surface area (Å²) in [6.07, 6.45) is 2.36. The van der Waals surface area contributed by atoms with Gasteiger partial charge in [0.2, 0.25) is 10.0 Å². The molecule has 0 saturated heterocycles. The molecular formula is C15H22N6O2S. The van der Waals surface area contributed by atoms with Crippen LogP contribution in [-0.2, 0) is 10.0 Å². The lowest BCUT2D eigenvalue weighted by molar-refractivity contribution is 0.581. The molecule has 2 aromatic rings. The van der Waals surface area contributed by atoms with Crippen LogP contribution in [0.5, 0.6) is 0 Å². The topological polar surface area (TPSA) is 109 Å². The maximum atomic E-state index is 11.5. The molecule has 130 valence electrons. The lowest BCUT2D eigenvalue weighted by Crippen LogP contribution is -2.30. The highest BCUT2D eigenvalue weighted by atomic mass is 32.2. The standard InChI is InChI=1S/C15H22N6O2S/c1-3-10-24(22,23)18-9-8-16-14-6-7-15(21-20-14)19-13-5-4-12(2)11-17-13/h4-7,11,18H,3,8-10H2,1-2H3,(H,16,20)(H,17,19,21). The Bertz CT molecular complexity index is 732. The van der Waals surface area contributed by atoms with E-state index < -0.39 is 10.0 Å². The van der Waals surface area contributed by atoms with Gasteiger partial charge in [0.25, 0.3) is 0 Å². The summed E-state index contributed by atoms with van der Waals surface area (Å²) in [6.45, 7) is 4.54. The van der Waals surface area contributed by atoms with Crippen LogP contribution in [-0.4, -0.2) is 42.4 Å². The van der Waals surface area contributed by atoms with E-state index in [0.29, 0.717) is 37.0 Å². The maximum Gasteiger partial charge on any atom is 0.211 e. The van der Waals surface area contributed by atoms with E-state index >= 15 is 0 Å². The first kappa shape index (κ1) is 18.1. The smallest absolute Gasteiger partial charge is 0.211 e. The number of aryl methyl sites for hydroxylation is 1. The van der Waals surface area contributed by atoms with Crippen molar-refractivity contribution in [2.45, 2.75) is 20.3 Å². The largest absolute Gasteiger partial charge is 0.367 e. The quantitative estimate of drug-likeness (QED) is 0.590. The van der Waals surface area contributed by atoms with Crippen LogP contribution >= 0.6 is 0 Å². The van der Waals surface area contributed by atoms with Crippen LogP contribution in [0.15, 0.2) is 30.5 Å². The summed E-state index contributed by atoms with van der Waals surface area (Å²) in [5, 5.41) is 14.2. The van der Waals surface area contributed by atoms with E-state index in [0.717, 1.165) is 5.56 Å². The molecule has 0 atom stereocenters. The van der Waals surface area contributed by atoms with Gasteiger partial charge in [0.05, 0.1) is 5.75 Å². The Morgan fingerprint density at radius 1 is 1.00 bits per heavy atom.